The van der Waals surface area contributed by atoms with Gasteiger partial charge in [-0.15, -0.1) is 5.10 Å². The lowest BCUT2D eigenvalue weighted by Crippen LogP contribution is -2.19. The van der Waals surface area contributed by atoms with Crippen LogP contribution in [0.3, 0.4) is 0 Å². The number of fused-ring (bicyclic) bond motifs is 1. The molecular formula is C20H19ClN6. The molecule has 0 radical (unpaired) electrons. The van der Waals surface area contributed by atoms with Crippen LogP contribution in [0.15, 0.2) is 60.9 Å². The molecule has 4 aromatic rings. The first-order chi connectivity index (χ1) is 13.2. The standard InChI is InChI=1S/C20H19ClN6/c1-14(11-15-7-3-2-4-8-15)24-19-18-20(23-13-22-19)27(26-25-18)12-16-9-5-6-10-17(16)21/h2-10,13-14H,11-12H2,1H3,(H,22,23,24)/t14-/m1/s1. The fourth-order valence-electron chi connectivity index (χ4n) is 3.04. The molecule has 0 bridgehead atoms. The van der Waals surface area contributed by atoms with Crippen LogP contribution in [0.25, 0.3) is 11.2 Å². The highest BCUT2D eigenvalue weighted by Crippen LogP contribution is 2.21. The summed E-state index contributed by atoms with van der Waals surface area (Å²) in [4.78, 5) is 8.72. The maximum atomic E-state index is 6.26. The Morgan fingerprint density at radius 1 is 1.04 bits per heavy atom. The van der Waals surface area contributed by atoms with Gasteiger partial charge in [0.1, 0.15) is 6.33 Å². The van der Waals surface area contributed by atoms with E-state index in [1.807, 2.05) is 42.5 Å². The van der Waals surface area contributed by atoms with E-state index in [4.69, 9.17) is 11.6 Å². The number of benzene rings is 2. The monoisotopic (exact) mass is 378 g/mol. The normalized spacial score (nSPS) is 12.2. The second-order valence-electron chi connectivity index (χ2n) is 6.47. The van der Waals surface area contributed by atoms with Gasteiger partial charge in [0, 0.05) is 11.1 Å². The van der Waals surface area contributed by atoms with Crippen molar-refractivity contribution in [2.45, 2.75) is 25.9 Å². The second kappa shape index (κ2) is 7.72. The van der Waals surface area contributed by atoms with Crippen molar-refractivity contribution in [3.8, 4) is 0 Å². The van der Waals surface area contributed by atoms with E-state index in [0.29, 0.717) is 28.5 Å². The fourth-order valence-corrected chi connectivity index (χ4v) is 3.24. The van der Waals surface area contributed by atoms with E-state index >= 15 is 0 Å². The van der Waals surface area contributed by atoms with Crippen molar-refractivity contribution in [3.63, 3.8) is 0 Å². The first-order valence-electron chi connectivity index (χ1n) is 8.79. The predicted molar refractivity (Wildman–Crippen MR) is 107 cm³/mol. The van der Waals surface area contributed by atoms with Gasteiger partial charge >= 0.3 is 0 Å². The molecule has 6 nitrogen and oxygen atoms in total. The lowest BCUT2D eigenvalue weighted by molar-refractivity contribution is 0.664. The van der Waals surface area contributed by atoms with Crippen LogP contribution in [0, 0.1) is 0 Å². The van der Waals surface area contributed by atoms with Crippen molar-refractivity contribution in [2.24, 2.45) is 0 Å². The summed E-state index contributed by atoms with van der Waals surface area (Å²) in [5, 5.41) is 12.7. The molecule has 0 saturated heterocycles. The van der Waals surface area contributed by atoms with E-state index in [0.717, 1.165) is 12.0 Å². The number of hydrogen-bond acceptors (Lipinski definition) is 5. The molecule has 27 heavy (non-hydrogen) atoms. The SMILES string of the molecule is C[C@H](Cc1ccccc1)Nc1ncnc2c1nnn2Cc1ccccc1Cl. The highest BCUT2D eigenvalue weighted by Gasteiger charge is 2.14. The van der Waals surface area contributed by atoms with Gasteiger partial charge in [-0.2, -0.15) is 0 Å². The maximum Gasteiger partial charge on any atom is 0.184 e. The molecule has 1 atom stereocenters. The Morgan fingerprint density at radius 2 is 1.81 bits per heavy atom. The second-order valence-corrected chi connectivity index (χ2v) is 6.88. The Bertz CT molecular complexity index is 1050. The highest BCUT2D eigenvalue weighted by molar-refractivity contribution is 6.31. The Kier molecular flexibility index (Phi) is 4.98. The fraction of sp³-hybridized carbons (Fsp3) is 0.200. The number of aromatic nitrogens is 5. The smallest absolute Gasteiger partial charge is 0.184 e. The molecule has 2 aromatic carbocycles. The zero-order valence-corrected chi connectivity index (χ0v) is 15.6. The molecule has 4 rings (SSSR count). The lowest BCUT2D eigenvalue weighted by atomic mass is 10.1. The molecule has 1 N–H and O–H groups in total. The van der Waals surface area contributed by atoms with E-state index in [1.54, 1.807) is 4.68 Å². The van der Waals surface area contributed by atoms with Crippen molar-refractivity contribution in [2.75, 3.05) is 5.32 Å². The van der Waals surface area contributed by atoms with E-state index in [-0.39, 0.29) is 6.04 Å². The molecule has 0 spiro atoms. The topological polar surface area (TPSA) is 68.5 Å². The van der Waals surface area contributed by atoms with Gasteiger partial charge in [-0.3, -0.25) is 0 Å². The molecule has 0 aliphatic heterocycles. The lowest BCUT2D eigenvalue weighted by Gasteiger charge is -2.14. The number of anilines is 1. The third kappa shape index (κ3) is 3.90. The van der Waals surface area contributed by atoms with E-state index in [1.165, 1.54) is 11.9 Å². The van der Waals surface area contributed by atoms with Crippen molar-refractivity contribution in [1.82, 2.24) is 25.0 Å². The minimum Gasteiger partial charge on any atom is -0.365 e. The van der Waals surface area contributed by atoms with Gasteiger partial charge in [0.05, 0.1) is 6.54 Å². The van der Waals surface area contributed by atoms with Crippen LogP contribution < -0.4 is 5.32 Å². The van der Waals surface area contributed by atoms with E-state index in [2.05, 4.69) is 44.7 Å². The Labute approximate surface area is 162 Å². The number of hydrogen-bond donors (Lipinski definition) is 1. The van der Waals surface area contributed by atoms with Gasteiger partial charge in [0.25, 0.3) is 0 Å². The summed E-state index contributed by atoms with van der Waals surface area (Å²) in [5.41, 5.74) is 3.57. The number of nitrogens with one attached hydrogen (secondary N) is 1. The summed E-state index contributed by atoms with van der Waals surface area (Å²) in [6.07, 6.45) is 2.42. The average molecular weight is 379 g/mol. The molecular weight excluding hydrogens is 360 g/mol. The van der Waals surface area contributed by atoms with Crippen LogP contribution in [0.5, 0.6) is 0 Å². The first-order valence-corrected chi connectivity index (χ1v) is 9.16. The average Bonchev–Trinajstić information content (AvgIpc) is 3.08. The number of nitrogens with zero attached hydrogens (tertiary/aromatic N) is 5. The summed E-state index contributed by atoms with van der Waals surface area (Å²) in [7, 11) is 0. The molecule has 0 fully saturated rings. The number of rotatable bonds is 6. The largest absolute Gasteiger partial charge is 0.365 e. The van der Waals surface area contributed by atoms with Gasteiger partial charge in [-0.25, -0.2) is 14.6 Å². The van der Waals surface area contributed by atoms with Gasteiger partial charge in [0.2, 0.25) is 0 Å². The van der Waals surface area contributed by atoms with Crippen LogP contribution in [0.4, 0.5) is 5.82 Å². The van der Waals surface area contributed by atoms with Crippen LogP contribution >= 0.6 is 11.6 Å². The summed E-state index contributed by atoms with van der Waals surface area (Å²) in [6.45, 7) is 2.63. The van der Waals surface area contributed by atoms with Crippen molar-refractivity contribution < 1.29 is 0 Å². The Balaban J connectivity index is 1.56. The van der Waals surface area contributed by atoms with Crippen LogP contribution in [0.1, 0.15) is 18.1 Å². The molecule has 0 amide bonds. The molecule has 7 heteroatoms. The Hall–Kier alpha value is -2.99. The predicted octanol–water partition coefficient (Wildman–Crippen LogP) is 3.97. The van der Waals surface area contributed by atoms with Crippen LogP contribution in [-0.4, -0.2) is 31.0 Å². The molecule has 0 aliphatic rings. The maximum absolute atomic E-state index is 6.26. The van der Waals surface area contributed by atoms with E-state index < -0.39 is 0 Å². The van der Waals surface area contributed by atoms with Gasteiger partial charge < -0.3 is 5.32 Å². The quantitative estimate of drug-likeness (QED) is 0.550. The van der Waals surface area contributed by atoms with Gasteiger partial charge in [-0.1, -0.05) is 65.3 Å². The van der Waals surface area contributed by atoms with E-state index in [9.17, 15) is 0 Å². The summed E-state index contributed by atoms with van der Waals surface area (Å²) >= 11 is 6.26. The van der Waals surface area contributed by atoms with Crippen LogP contribution in [0.2, 0.25) is 5.02 Å². The molecule has 0 unspecified atom stereocenters. The summed E-state index contributed by atoms with van der Waals surface area (Å²) in [6, 6.07) is 18.2. The van der Waals surface area contributed by atoms with Crippen LogP contribution in [-0.2, 0) is 13.0 Å². The summed E-state index contributed by atoms with van der Waals surface area (Å²) < 4.78 is 1.74. The van der Waals surface area contributed by atoms with Crippen molar-refractivity contribution in [3.05, 3.63) is 77.1 Å². The first kappa shape index (κ1) is 17.4. The molecule has 2 aromatic heterocycles. The molecule has 2 heterocycles. The third-order valence-electron chi connectivity index (χ3n) is 4.35. The molecule has 0 aliphatic carbocycles. The van der Waals surface area contributed by atoms with Gasteiger partial charge in [-0.05, 0) is 30.5 Å². The van der Waals surface area contributed by atoms with Crippen molar-refractivity contribution in [1.29, 1.82) is 0 Å². The summed E-state index contributed by atoms with van der Waals surface area (Å²) in [5.74, 6) is 0.689. The highest BCUT2D eigenvalue weighted by atomic mass is 35.5. The zero-order valence-electron chi connectivity index (χ0n) is 14.9. The molecule has 136 valence electrons. The van der Waals surface area contributed by atoms with Gasteiger partial charge in [0.15, 0.2) is 17.0 Å². The van der Waals surface area contributed by atoms with Crippen molar-refractivity contribution >= 4 is 28.6 Å². The molecule has 0 saturated carbocycles. The third-order valence-corrected chi connectivity index (χ3v) is 4.71. The number of halogens is 1. The Morgan fingerprint density at radius 3 is 2.63 bits per heavy atom. The minimum absolute atomic E-state index is 0.194. The minimum atomic E-state index is 0.194. The zero-order chi connectivity index (χ0) is 18.6.